The predicted molar refractivity (Wildman–Crippen MR) is 86.5 cm³/mol. The Morgan fingerprint density at radius 2 is 2.10 bits per heavy atom. The monoisotopic (exact) mass is 378 g/mol. The van der Waals surface area contributed by atoms with Crippen LogP contribution in [0.15, 0.2) is 16.7 Å². The molecule has 2 aromatic rings. The lowest BCUT2D eigenvalue weighted by Crippen LogP contribution is -2.22. The molecule has 7 heteroatoms. The van der Waals surface area contributed by atoms with E-state index in [4.69, 9.17) is 16.3 Å². The van der Waals surface area contributed by atoms with E-state index in [2.05, 4.69) is 40.6 Å². The van der Waals surface area contributed by atoms with Crippen LogP contribution >= 0.6 is 27.5 Å². The van der Waals surface area contributed by atoms with Gasteiger partial charge >= 0.3 is 0 Å². The van der Waals surface area contributed by atoms with Gasteiger partial charge in [0.15, 0.2) is 5.82 Å². The van der Waals surface area contributed by atoms with Crippen molar-refractivity contribution in [3.63, 3.8) is 0 Å². The van der Waals surface area contributed by atoms with E-state index in [-0.39, 0.29) is 4.60 Å². The molecular weight excluding hydrogens is 363 g/mol. The predicted octanol–water partition coefficient (Wildman–Crippen LogP) is 4.90. The first kappa shape index (κ1) is 15.9. The quantitative estimate of drug-likeness (QED) is 0.419. The Morgan fingerprint density at radius 3 is 2.75 bits per heavy atom. The number of ether oxygens (including phenoxy) is 1. The molecule has 0 bridgehead atoms. The smallest absolute Gasteiger partial charge is 0.158 e. The molecule has 0 radical (unpaired) electrons. The molecule has 2 aromatic heterocycles. The van der Waals surface area contributed by atoms with Gasteiger partial charge in [0.1, 0.15) is 16.5 Å². The molecule has 2 rings (SSSR count). The van der Waals surface area contributed by atoms with Crippen molar-refractivity contribution in [2.24, 2.45) is 0 Å². The maximum absolute atomic E-state index is 13.6. The topological polar surface area (TPSA) is 27.1 Å². The number of hydrogen-bond donors (Lipinski definition) is 0. The molecule has 0 fully saturated rings. The van der Waals surface area contributed by atoms with E-state index >= 15 is 0 Å². The van der Waals surface area contributed by atoms with Crippen LogP contribution < -0.4 is 0 Å². The zero-order valence-corrected chi connectivity index (χ0v) is 15.1. The molecule has 0 amide bonds. The van der Waals surface area contributed by atoms with E-state index in [0.29, 0.717) is 29.5 Å². The highest BCUT2D eigenvalue weighted by atomic mass is 79.9. The maximum atomic E-state index is 13.6. The average Bonchev–Trinajstić information content (AvgIpc) is 2.60. The molecule has 0 aliphatic rings. The molecule has 0 spiro atoms. The van der Waals surface area contributed by atoms with E-state index in [9.17, 15) is 4.39 Å². The van der Waals surface area contributed by atoms with Gasteiger partial charge in [0, 0.05) is 26.8 Å². The van der Waals surface area contributed by atoms with E-state index in [1.54, 1.807) is 10.6 Å². The first-order chi connectivity index (χ1) is 9.28. The Labute approximate surface area is 132 Å². The molecule has 0 unspecified atom stereocenters. The minimum Gasteiger partial charge on any atom is -0.361 e. The standard InChI is InChI=1S/C13H17BrClFN2OSi/c1-20(2,3)5-4-19-8-18-11-6-9(16)13(14)17-10(11)7-12(18)15/h6-7H,4-5,8H2,1-3H3. The van der Waals surface area contributed by atoms with Crippen molar-refractivity contribution in [1.82, 2.24) is 9.55 Å². The van der Waals surface area contributed by atoms with Crippen molar-refractivity contribution in [3.05, 3.63) is 27.7 Å². The summed E-state index contributed by atoms with van der Waals surface area (Å²) in [6.45, 7) is 7.90. The number of hydrogen-bond acceptors (Lipinski definition) is 2. The number of halogens is 3. The summed E-state index contributed by atoms with van der Waals surface area (Å²) >= 11 is 9.23. The Hall–Kier alpha value is -0.433. The van der Waals surface area contributed by atoms with Gasteiger partial charge in [0.05, 0.1) is 11.0 Å². The van der Waals surface area contributed by atoms with Gasteiger partial charge in [-0.3, -0.25) is 0 Å². The number of fused-ring (bicyclic) bond motifs is 1. The third kappa shape index (κ3) is 3.81. The van der Waals surface area contributed by atoms with Crippen LogP contribution in [0.5, 0.6) is 0 Å². The summed E-state index contributed by atoms with van der Waals surface area (Å²) in [6, 6.07) is 4.21. The number of pyridine rings is 1. The number of nitrogens with zero attached hydrogens (tertiary/aromatic N) is 2. The van der Waals surface area contributed by atoms with Gasteiger partial charge in [-0.15, -0.1) is 0 Å². The summed E-state index contributed by atoms with van der Waals surface area (Å²) in [7, 11) is -1.11. The van der Waals surface area contributed by atoms with Gasteiger partial charge in [-0.25, -0.2) is 9.37 Å². The zero-order chi connectivity index (χ0) is 14.9. The highest BCUT2D eigenvalue weighted by Gasteiger charge is 2.14. The summed E-state index contributed by atoms with van der Waals surface area (Å²) in [5.41, 5.74) is 1.29. The Morgan fingerprint density at radius 1 is 1.40 bits per heavy atom. The fourth-order valence-electron chi connectivity index (χ4n) is 1.76. The molecule has 110 valence electrons. The minimum atomic E-state index is -1.11. The third-order valence-corrected chi connectivity index (χ3v) is 5.54. The lowest BCUT2D eigenvalue weighted by Gasteiger charge is -2.16. The summed E-state index contributed by atoms with van der Waals surface area (Å²) in [4.78, 5) is 4.11. The van der Waals surface area contributed by atoms with Crippen molar-refractivity contribution in [2.75, 3.05) is 6.61 Å². The maximum Gasteiger partial charge on any atom is 0.158 e. The molecule has 3 nitrogen and oxygen atoms in total. The Bertz CT molecular complexity index is 627. The first-order valence-electron chi connectivity index (χ1n) is 6.36. The van der Waals surface area contributed by atoms with Crippen LogP contribution in [0, 0.1) is 5.82 Å². The Balaban J connectivity index is 2.14. The average molecular weight is 380 g/mol. The molecule has 0 N–H and O–H groups in total. The van der Waals surface area contributed by atoms with Crippen LogP contribution in [0.3, 0.4) is 0 Å². The molecule has 0 aliphatic carbocycles. The van der Waals surface area contributed by atoms with E-state index in [1.165, 1.54) is 6.07 Å². The van der Waals surface area contributed by atoms with Crippen LogP contribution in [0.25, 0.3) is 11.0 Å². The molecular formula is C13H17BrClFN2OSi. The van der Waals surface area contributed by atoms with Crippen LogP contribution in [0.1, 0.15) is 0 Å². The van der Waals surface area contributed by atoms with Gasteiger partial charge in [0.2, 0.25) is 0 Å². The highest BCUT2D eigenvalue weighted by molar-refractivity contribution is 9.10. The van der Waals surface area contributed by atoms with E-state index in [1.807, 2.05) is 0 Å². The molecule has 0 saturated heterocycles. The van der Waals surface area contributed by atoms with Crippen LogP contribution in [0.2, 0.25) is 30.8 Å². The minimum absolute atomic E-state index is 0.193. The fourth-order valence-corrected chi connectivity index (χ4v) is 3.07. The van der Waals surface area contributed by atoms with Crippen LogP contribution in [0.4, 0.5) is 4.39 Å². The molecule has 20 heavy (non-hydrogen) atoms. The van der Waals surface area contributed by atoms with Crippen molar-refractivity contribution in [2.45, 2.75) is 32.4 Å². The van der Waals surface area contributed by atoms with Gasteiger partial charge < -0.3 is 9.30 Å². The second-order valence-electron chi connectivity index (χ2n) is 5.91. The number of rotatable bonds is 5. The highest BCUT2D eigenvalue weighted by Crippen LogP contribution is 2.26. The van der Waals surface area contributed by atoms with E-state index in [0.717, 1.165) is 6.04 Å². The summed E-state index contributed by atoms with van der Waals surface area (Å²) < 4.78 is 21.2. The van der Waals surface area contributed by atoms with Gasteiger partial charge in [-0.05, 0) is 22.0 Å². The second kappa shape index (κ2) is 6.13. The lowest BCUT2D eigenvalue weighted by atomic mass is 10.4. The largest absolute Gasteiger partial charge is 0.361 e. The fraction of sp³-hybridized carbons (Fsp3) is 0.462. The van der Waals surface area contributed by atoms with Crippen molar-refractivity contribution >= 4 is 46.6 Å². The van der Waals surface area contributed by atoms with Crippen molar-refractivity contribution in [3.8, 4) is 0 Å². The molecule has 2 heterocycles. The number of aromatic nitrogens is 2. The normalized spacial score (nSPS) is 12.3. The van der Waals surface area contributed by atoms with Crippen LogP contribution in [-0.2, 0) is 11.5 Å². The SMILES string of the molecule is C[Si](C)(C)CCOCn1c(Cl)cc2nc(Br)c(F)cc21. The van der Waals surface area contributed by atoms with Crippen molar-refractivity contribution < 1.29 is 9.13 Å². The molecule has 0 aromatic carbocycles. The summed E-state index contributed by atoms with van der Waals surface area (Å²) in [6.07, 6.45) is 0. The first-order valence-corrected chi connectivity index (χ1v) is 11.2. The van der Waals surface area contributed by atoms with Crippen LogP contribution in [-0.4, -0.2) is 24.2 Å². The molecule has 0 saturated carbocycles. The molecule has 0 aliphatic heterocycles. The molecule has 0 atom stereocenters. The lowest BCUT2D eigenvalue weighted by molar-refractivity contribution is 0.0904. The summed E-state index contributed by atoms with van der Waals surface area (Å²) in [5, 5.41) is 0.498. The zero-order valence-electron chi connectivity index (χ0n) is 11.7. The Kier molecular flexibility index (Phi) is 4.89. The van der Waals surface area contributed by atoms with Gasteiger partial charge in [-0.1, -0.05) is 31.2 Å². The van der Waals surface area contributed by atoms with Gasteiger partial charge in [-0.2, -0.15) is 0 Å². The van der Waals surface area contributed by atoms with Crippen molar-refractivity contribution in [1.29, 1.82) is 0 Å². The van der Waals surface area contributed by atoms with Gasteiger partial charge in [0.25, 0.3) is 0 Å². The summed E-state index contributed by atoms with van der Waals surface area (Å²) in [5.74, 6) is -0.407. The second-order valence-corrected chi connectivity index (χ2v) is 12.7. The van der Waals surface area contributed by atoms with E-state index < -0.39 is 13.9 Å². The third-order valence-electron chi connectivity index (χ3n) is 2.96.